The summed E-state index contributed by atoms with van der Waals surface area (Å²) < 4.78 is 19.4. The maximum absolute atomic E-state index is 13.4. The lowest BCUT2D eigenvalue weighted by Crippen LogP contribution is -2.27. The van der Waals surface area contributed by atoms with Crippen molar-refractivity contribution >= 4 is 34.4 Å². The van der Waals surface area contributed by atoms with Gasteiger partial charge in [0.2, 0.25) is 0 Å². The van der Waals surface area contributed by atoms with Crippen LogP contribution in [-0.4, -0.2) is 25.4 Å². The van der Waals surface area contributed by atoms with Crippen molar-refractivity contribution in [2.24, 2.45) is 5.92 Å². The fourth-order valence-corrected chi connectivity index (χ4v) is 3.95. The number of hydrogen-bond acceptors (Lipinski definition) is 3. The summed E-state index contributed by atoms with van der Waals surface area (Å²) in [7, 11) is 1.54. The maximum Gasteiger partial charge on any atom is 0.255 e. The van der Waals surface area contributed by atoms with Gasteiger partial charge < -0.3 is 15.1 Å². The molecule has 1 heterocycles. The van der Waals surface area contributed by atoms with Crippen molar-refractivity contribution in [1.82, 2.24) is 10.6 Å². The molecule has 4 aromatic rings. The van der Waals surface area contributed by atoms with Crippen molar-refractivity contribution in [3.05, 3.63) is 82.6 Å². The molecule has 0 spiro atoms. The van der Waals surface area contributed by atoms with E-state index in [9.17, 15) is 14.0 Å². The number of rotatable bonds is 6. The van der Waals surface area contributed by atoms with Crippen LogP contribution in [0.2, 0.25) is 5.02 Å². The first kappa shape index (κ1) is 23.5. The van der Waals surface area contributed by atoms with Crippen LogP contribution >= 0.6 is 11.6 Å². The van der Waals surface area contributed by atoms with Gasteiger partial charge in [-0.1, -0.05) is 31.5 Å². The van der Waals surface area contributed by atoms with Gasteiger partial charge in [0, 0.05) is 35.1 Å². The third-order valence-corrected chi connectivity index (χ3v) is 5.63. The van der Waals surface area contributed by atoms with Crippen LogP contribution in [0.5, 0.6) is 0 Å². The Kier molecular flexibility index (Phi) is 6.70. The van der Waals surface area contributed by atoms with Crippen LogP contribution in [0.15, 0.2) is 65.1 Å². The number of amides is 2. The van der Waals surface area contributed by atoms with E-state index in [0.717, 1.165) is 11.1 Å². The second kappa shape index (κ2) is 9.69. The summed E-state index contributed by atoms with van der Waals surface area (Å²) in [6.45, 7) is 4.60. The van der Waals surface area contributed by atoms with E-state index >= 15 is 0 Å². The minimum atomic E-state index is -0.377. The van der Waals surface area contributed by atoms with E-state index in [1.807, 2.05) is 26.0 Å². The number of benzene rings is 3. The van der Waals surface area contributed by atoms with E-state index in [2.05, 4.69) is 10.6 Å². The lowest BCUT2D eigenvalue weighted by molar-refractivity contribution is 0.0945. The average molecular weight is 479 g/mol. The maximum atomic E-state index is 13.4. The highest BCUT2D eigenvalue weighted by molar-refractivity contribution is 6.31. The van der Waals surface area contributed by atoms with Crippen molar-refractivity contribution in [1.29, 1.82) is 0 Å². The molecule has 2 N–H and O–H groups in total. The van der Waals surface area contributed by atoms with Crippen molar-refractivity contribution in [3.63, 3.8) is 0 Å². The molecule has 7 heteroatoms. The van der Waals surface area contributed by atoms with E-state index in [1.165, 1.54) is 12.1 Å². The fraction of sp³-hybridized carbons (Fsp3) is 0.185. The van der Waals surface area contributed by atoms with Gasteiger partial charge in [-0.25, -0.2) is 4.39 Å². The van der Waals surface area contributed by atoms with Gasteiger partial charge in [0.1, 0.15) is 17.2 Å². The van der Waals surface area contributed by atoms with Gasteiger partial charge in [0.15, 0.2) is 0 Å². The minimum Gasteiger partial charge on any atom is -0.455 e. The zero-order chi connectivity index (χ0) is 24.4. The van der Waals surface area contributed by atoms with Gasteiger partial charge in [-0.15, -0.1) is 0 Å². The largest absolute Gasteiger partial charge is 0.455 e. The summed E-state index contributed by atoms with van der Waals surface area (Å²) in [6, 6.07) is 16.4. The number of hydrogen-bond donors (Lipinski definition) is 2. The Labute approximate surface area is 201 Å². The molecule has 0 aliphatic rings. The SMILES string of the molecule is CNC(=O)c1c(-c2ccc(F)cc2)oc2ccc(-c3cc(Cl)cc(C(=O)NCC(C)C)c3)cc12. The van der Waals surface area contributed by atoms with E-state index in [4.69, 9.17) is 16.0 Å². The Morgan fingerprint density at radius 2 is 1.65 bits per heavy atom. The van der Waals surface area contributed by atoms with Crippen LogP contribution in [0.4, 0.5) is 4.39 Å². The average Bonchev–Trinajstić information content (AvgIpc) is 3.20. The number of fused-ring (bicyclic) bond motifs is 1. The number of nitrogens with one attached hydrogen (secondary N) is 2. The molecule has 2 amide bonds. The lowest BCUT2D eigenvalue weighted by Gasteiger charge is -2.10. The standard InChI is InChI=1S/C27H24ClFN2O3/c1-15(2)14-31-26(32)19-10-18(11-20(28)12-19)17-6-9-23-22(13-17)24(27(33)30-3)25(34-23)16-4-7-21(29)8-5-16/h4-13,15H,14H2,1-3H3,(H,30,33)(H,31,32). The van der Waals surface area contributed by atoms with Crippen LogP contribution in [0.25, 0.3) is 33.4 Å². The molecule has 34 heavy (non-hydrogen) atoms. The van der Waals surface area contributed by atoms with Gasteiger partial charge in [-0.2, -0.15) is 0 Å². The first-order chi connectivity index (χ1) is 16.3. The highest BCUT2D eigenvalue weighted by Crippen LogP contribution is 2.36. The van der Waals surface area contributed by atoms with Crippen LogP contribution < -0.4 is 10.6 Å². The third-order valence-electron chi connectivity index (χ3n) is 5.41. The number of carbonyl (C=O) groups is 2. The van der Waals surface area contributed by atoms with Gasteiger partial charge in [0.25, 0.3) is 11.8 Å². The van der Waals surface area contributed by atoms with E-state index in [0.29, 0.717) is 50.9 Å². The summed E-state index contributed by atoms with van der Waals surface area (Å²) in [4.78, 5) is 25.4. The second-order valence-corrected chi connectivity index (χ2v) is 8.87. The molecule has 0 saturated heterocycles. The van der Waals surface area contributed by atoms with Crippen LogP contribution in [0.1, 0.15) is 34.6 Å². The molecular formula is C27H24ClFN2O3. The van der Waals surface area contributed by atoms with Crippen LogP contribution in [0, 0.1) is 11.7 Å². The van der Waals surface area contributed by atoms with E-state index < -0.39 is 0 Å². The quantitative estimate of drug-likeness (QED) is 0.341. The third kappa shape index (κ3) is 4.82. The Morgan fingerprint density at radius 3 is 2.32 bits per heavy atom. The number of carbonyl (C=O) groups excluding carboxylic acids is 2. The summed E-state index contributed by atoms with van der Waals surface area (Å²) in [5.41, 5.74) is 3.40. The zero-order valence-electron chi connectivity index (χ0n) is 19.0. The summed E-state index contributed by atoms with van der Waals surface area (Å²) in [5.74, 6) is -0.227. The van der Waals surface area contributed by atoms with E-state index in [-0.39, 0.29) is 17.6 Å². The molecule has 0 saturated carbocycles. The molecule has 0 bridgehead atoms. The topological polar surface area (TPSA) is 71.3 Å². The molecule has 174 valence electrons. The Hall–Kier alpha value is -3.64. The lowest BCUT2D eigenvalue weighted by atomic mass is 9.98. The van der Waals surface area contributed by atoms with Crippen molar-refractivity contribution in [2.75, 3.05) is 13.6 Å². The van der Waals surface area contributed by atoms with Gasteiger partial charge in [-0.3, -0.25) is 9.59 Å². The molecule has 0 unspecified atom stereocenters. The molecule has 1 aromatic heterocycles. The summed E-state index contributed by atoms with van der Waals surface area (Å²) in [5, 5.41) is 6.58. The van der Waals surface area contributed by atoms with Crippen LogP contribution in [-0.2, 0) is 0 Å². The Morgan fingerprint density at radius 1 is 0.941 bits per heavy atom. The monoisotopic (exact) mass is 478 g/mol. The Balaban J connectivity index is 1.82. The van der Waals surface area contributed by atoms with Crippen molar-refractivity contribution < 1.29 is 18.4 Å². The fourth-order valence-electron chi connectivity index (χ4n) is 3.72. The smallest absolute Gasteiger partial charge is 0.255 e. The second-order valence-electron chi connectivity index (χ2n) is 8.44. The molecule has 5 nitrogen and oxygen atoms in total. The highest BCUT2D eigenvalue weighted by Gasteiger charge is 2.22. The molecule has 0 fully saturated rings. The van der Waals surface area contributed by atoms with Gasteiger partial charge >= 0.3 is 0 Å². The molecule has 0 radical (unpaired) electrons. The first-order valence-electron chi connectivity index (χ1n) is 10.9. The predicted octanol–water partition coefficient (Wildman–Crippen LogP) is 6.30. The van der Waals surface area contributed by atoms with Gasteiger partial charge in [0.05, 0.1) is 5.56 Å². The molecule has 0 atom stereocenters. The Bertz CT molecular complexity index is 1380. The minimum absolute atomic E-state index is 0.202. The molecular weight excluding hydrogens is 455 g/mol. The van der Waals surface area contributed by atoms with Crippen molar-refractivity contribution in [3.8, 4) is 22.5 Å². The van der Waals surface area contributed by atoms with E-state index in [1.54, 1.807) is 43.4 Å². The number of furan rings is 1. The van der Waals surface area contributed by atoms with Crippen molar-refractivity contribution in [2.45, 2.75) is 13.8 Å². The number of halogens is 2. The molecule has 0 aliphatic carbocycles. The molecule has 4 rings (SSSR count). The van der Waals surface area contributed by atoms with Gasteiger partial charge in [-0.05, 0) is 71.6 Å². The zero-order valence-corrected chi connectivity index (χ0v) is 19.8. The first-order valence-corrected chi connectivity index (χ1v) is 11.3. The summed E-state index contributed by atoms with van der Waals surface area (Å²) in [6.07, 6.45) is 0. The molecule has 0 aliphatic heterocycles. The summed E-state index contributed by atoms with van der Waals surface area (Å²) >= 11 is 6.33. The molecule has 3 aromatic carbocycles. The van der Waals surface area contributed by atoms with Crippen LogP contribution in [0.3, 0.4) is 0 Å². The predicted molar refractivity (Wildman–Crippen MR) is 133 cm³/mol. The highest BCUT2D eigenvalue weighted by atomic mass is 35.5. The normalized spacial score (nSPS) is 11.1.